The second-order valence-electron chi connectivity index (χ2n) is 8.44. The summed E-state index contributed by atoms with van der Waals surface area (Å²) in [6, 6.07) is 3.79. The average Bonchev–Trinajstić information content (AvgIpc) is 2.96. The van der Waals surface area contributed by atoms with Gasteiger partial charge in [-0.15, -0.1) is 10.2 Å². The Morgan fingerprint density at radius 3 is 2.50 bits per heavy atom. The van der Waals surface area contributed by atoms with Crippen molar-refractivity contribution in [2.75, 3.05) is 26.5 Å². The molecule has 0 spiro atoms. The standard InChI is InChI=1S/C21H33N5O3S/c1-14(2)20(24-30(6,27)28)21-23-22-19-9-10-25(11-12-26(19)21)13-17-7-8-18(29-5)16(4)15(17)3/h7-8,14,20,24H,9-13H2,1-6H3/t20-/m1/s1. The van der Waals surface area contributed by atoms with Crippen LogP contribution in [0, 0.1) is 19.8 Å². The first kappa shape index (κ1) is 22.7. The van der Waals surface area contributed by atoms with Crippen molar-refractivity contribution in [2.45, 2.75) is 53.2 Å². The van der Waals surface area contributed by atoms with Crippen LogP contribution in [0.15, 0.2) is 12.1 Å². The fourth-order valence-corrected chi connectivity index (χ4v) is 4.82. The van der Waals surface area contributed by atoms with Crippen molar-refractivity contribution in [3.8, 4) is 5.75 Å². The van der Waals surface area contributed by atoms with Gasteiger partial charge in [0.05, 0.1) is 19.4 Å². The van der Waals surface area contributed by atoms with Crippen LogP contribution in [-0.4, -0.2) is 54.5 Å². The molecule has 0 aliphatic carbocycles. The zero-order chi connectivity index (χ0) is 22.1. The summed E-state index contributed by atoms with van der Waals surface area (Å²) in [6.07, 6.45) is 1.97. The Labute approximate surface area is 179 Å². The van der Waals surface area contributed by atoms with Gasteiger partial charge in [-0.1, -0.05) is 19.9 Å². The third kappa shape index (κ3) is 5.01. The molecule has 0 saturated carbocycles. The molecule has 0 unspecified atom stereocenters. The maximum Gasteiger partial charge on any atom is 0.209 e. The second-order valence-corrected chi connectivity index (χ2v) is 10.2. The van der Waals surface area contributed by atoms with E-state index in [1.165, 1.54) is 22.9 Å². The minimum absolute atomic E-state index is 0.0669. The lowest BCUT2D eigenvalue weighted by atomic mass is 10.0. The zero-order valence-corrected chi connectivity index (χ0v) is 19.6. The molecule has 9 heteroatoms. The average molecular weight is 436 g/mol. The smallest absolute Gasteiger partial charge is 0.209 e. The SMILES string of the molecule is COc1ccc(CN2CCc3nnc([C@H](NS(C)(=O)=O)C(C)C)n3CC2)c(C)c1C. The highest BCUT2D eigenvalue weighted by atomic mass is 32.2. The summed E-state index contributed by atoms with van der Waals surface area (Å²) in [7, 11) is -1.65. The van der Waals surface area contributed by atoms with Crippen LogP contribution in [0.2, 0.25) is 0 Å². The van der Waals surface area contributed by atoms with Gasteiger partial charge in [0.15, 0.2) is 5.82 Å². The van der Waals surface area contributed by atoms with Crippen molar-refractivity contribution >= 4 is 10.0 Å². The number of hydrogen-bond acceptors (Lipinski definition) is 6. The highest BCUT2D eigenvalue weighted by Gasteiger charge is 2.28. The van der Waals surface area contributed by atoms with E-state index in [1.807, 2.05) is 19.9 Å². The number of nitrogens with one attached hydrogen (secondary N) is 1. The van der Waals surface area contributed by atoms with Gasteiger partial charge in [0.25, 0.3) is 0 Å². The lowest BCUT2D eigenvalue weighted by molar-refractivity contribution is 0.268. The molecular weight excluding hydrogens is 402 g/mol. The van der Waals surface area contributed by atoms with Gasteiger partial charge in [0.2, 0.25) is 10.0 Å². The van der Waals surface area contributed by atoms with E-state index in [-0.39, 0.29) is 12.0 Å². The number of fused-ring (bicyclic) bond motifs is 1. The van der Waals surface area contributed by atoms with Gasteiger partial charge in [-0.2, -0.15) is 0 Å². The van der Waals surface area contributed by atoms with Crippen LogP contribution in [0.3, 0.4) is 0 Å². The predicted octanol–water partition coefficient (Wildman–Crippen LogP) is 2.21. The Kier molecular flexibility index (Phi) is 6.84. The molecule has 2 aromatic rings. The third-order valence-electron chi connectivity index (χ3n) is 5.90. The van der Waals surface area contributed by atoms with Crippen LogP contribution in [0.25, 0.3) is 0 Å². The van der Waals surface area contributed by atoms with E-state index in [0.29, 0.717) is 5.82 Å². The number of methoxy groups -OCH3 is 1. The van der Waals surface area contributed by atoms with Crippen LogP contribution in [0.4, 0.5) is 0 Å². The van der Waals surface area contributed by atoms with E-state index in [0.717, 1.165) is 44.2 Å². The van der Waals surface area contributed by atoms with Gasteiger partial charge in [-0.05, 0) is 42.5 Å². The van der Waals surface area contributed by atoms with E-state index in [9.17, 15) is 8.42 Å². The fraction of sp³-hybridized carbons (Fsp3) is 0.619. The molecule has 0 fully saturated rings. The molecule has 1 aliphatic heterocycles. The van der Waals surface area contributed by atoms with Gasteiger partial charge < -0.3 is 9.30 Å². The number of benzene rings is 1. The maximum atomic E-state index is 11.9. The van der Waals surface area contributed by atoms with Crippen LogP contribution < -0.4 is 9.46 Å². The summed E-state index contributed by atoms with van der Waals surface area (Å²) in [5.74, 6) is 2.60. The first-order valence-electron chi connectivity index (χ1n) is 10.4. The van der Waals surface area contributed by atoms with Crippen molar-refractivity contribution in [2.24, 2.45) is 5.92 Å². The van der Waals surface area contributed by atoms with Gasteiger partial charge in [0.1, 0.15) is 11.6 Å². The summed E-state index contributed by atoms with van der Waals surface area (Å²) in [4.78, 5) is 2.42. The molecule has 166 valence electrons. The molecule has 30 heavy (non-hydrogen) atoms. The van der Waals surface area contributed by atoms with Gasteiger partial charge in [0, 0.05) is 32.6 Å². The molecule has 8 nitrogen and oxygen atoms in total. The largest absolute Gasteiger partial charge is 0.496 e. The molecule has 0 bridgehead atoms. The lowest BCUT2D eigenvalue weighted by Gasteiger charge is -2.23. The Morgan fingerprint density at radius 1 is 1.13 bits per heavy atom. The van der Waals surface area contributed by atoms with Crippen LogP contribution in [0.1, 0.15) is 48.2 Å². The molecule has 1 N–H and O–H groups in total. The highest BCUT2D eigenvalue weighted by molar-refractivity contribution is 7.88. The van der Waals surface area contributed by atoms with E-state index in [1.54, 1.807) is 7.11 Å². The summed E-state index contributed by atoms with van der Waals surface area (Å²) in [6.45, 7) is 11.5. The number of rotatable bonds is 7. The summed E-state index contributed by atoms with van der Waals surface area (Å²) >= 11 is 0. The summed E-state index contributed by atoms with van der Waals surface area (Å²) in [5, 5.41) is 8.73. The monoisotopic (exact) mass is 435 g/mol. The van der Waals surface area contributed by atoms with Crippen molar-refractivity contribution in [3.63, 3.8) is 0 Å². The zero-order valence-electron chi connectivity index (χ0n) is 18.8. The maximum absolute atomic E-state index is 11.9. The predicted molar refractivity (Wildman–Crippen MR) is 117 cm³/mol. The Morgan fingerprint density at radius 2 is 1.87 bits per heavy atom. The Balaban J connectivity index is 1.78. The van der Waals surface area contributed by atoms with Crippen molar-refractivity contribution in [1.82, 2.24) is 24.4 Å². The number of nitrogens with zero attached hydrogens (tertiary/aromatic N) is 4. The normalized spacial score (nSPS) is 16.4. The van der Waals surface area contributed by atoms with E-state index in [4.69, 9.17) is 4.74 Å². The Bertz CT molecular complexity index is 1000. The van der Waals surface area contributed by atoms with E-state index in [2.05, 4.69) is 44.3 Å². The molecule has 0 saturated heterocycles. The van der Waals surface area contributed by atoms with Crippen LogP contribution in [0.5, 0.6) is 5.75 Å². The molecule has 1 aromatic carbocycles. The Hall–Kier alpha value is -1.97. The summed E-state index contributed by atoms with van der Waals surface area (Å²) in [5.41, 5.74) is 3.73. The van der Waals surface area contributed by atoms with Crippen LogP contribution >= 0.6 is 0 Å². The number of sulfonamides is 1. The van der Waals surface area contributed by atoms with Gasteiger partial charge in [-0.3, -0.25) is 4.90 Å². The molecular formula is C21H33N5O3S. The molecule has 0 amide bonds. The van der Waals surface area contributed by atoms with Crippen LogP contribution in [-0.2, 0) is 29.5 Å². The molecule has 1 aromatic heterocycles. The molecule has 3 rings (SSSR count). The number of hydrogen-bond donors (Lipinski definition) is 1. The molecule has 0 radical (unpaired) electrons. The first-order valence-corrected chi connectivity index (χ1v) is 12.2. The van der Waals surface area contributed by atoms with Crippen molar-refractivity contribution in [3.05, 3.63) is 40.5 Å². The second kappa shape index (κ2) is 9.03. The molecule has 1 atom stereocenters. The number of aromatic nitrogens is 3. The topological polar surface area (TPSA) is 89.3 Å². The minimum Gasteiger partial charge on any atom is -0.496 e. The summed E-state index contributed by atoms with van der Waals surface area (Å²) < 4.78 is 34.0. The lowest BCUT2D eigenvalue weighted by Crippen LogP contribution is -2.33. The minimum atomic E-state index is -3.35. The van der Waals surface area contributed by atoms with E-state index >= 15 is 0 Å². The molecule has 2 heterocycles. The third-order valence-corrected chi connectivity index (χ3v) is 6.58. The van der Waals surface area contributed by atoms with Crippen molar-refractivity contribution < 1.29 is 13.2 Å². The molecule has 1 aliphatic rings. The van der Waals surface area contributed by atoms with Crippen molar-refractivity contribution in [1.29, 1.82) is 0 Å². The van der Waals surface area contributed by atoms with Gasteiger partial charge in [-0.25, -0.2) is 13.1 Å². The highest BCUT2D eigenvalue weighted by Crippen LogP contribution is 2.26. The van der Waals surface area contributed by atoms with Gasteiger partial charge >= 0.3 is 0 Å². The number of ether oxygens (including phenoxy) is 1. The first-order chi connectivity index (χ1) is 14.1. The fourth-order valence-electron chi connectivity index (χ4n) is 3.98. The van der Waals surface area contributed by atoms with E-state index < -0.39 is 10.0 Å². The quantitative estimate of drug-likeness (QED) is 0.717.